The summed E-state index contributed by atoms with van der Waals surface area (Å²) < 4.78 is 2.50. The van der Waals surface area contributed by atoms with Crippen molar-refractivity contribution in [3.8, 4) is 0 Å². The first-order valence-corrected chi connectivity index (χ1v) is 8.23. The van der Waals surface area contributed by atoms with Crippen molar-refractivity contribution in [2.45, 2.75) is 26.7 Å². The lowest BCUT2D eigenvalue weighted by Crippen LogP contribution is -2.37. The molecule has 0 amide bonds. The van der Waals surface area contributed by atoms with Crippen LogP contribution >= 0.6 is 0 Å². The average Bonchev–Trinajstić information content (AvgIpc) is 2.60. The molecule has 0 aliphatic rings. The first-order valence-electron chi connectivity index (χ1n) is 8.23. The fraction of sp³-hybridized carbons (Fsp3) is 0.316. The molecule has 3 aromatic rings. The number of hydrogen-bond donors (Lipinski definition) is 1. The summed E-state index contributed by atoms with van der Waals surface area (Å²) >= 11 is 0. The molecular weight excluding hydrogens is 316 g/mol. The Morgan fingerprint density at radius 1 is 1.04 bits per heavy atom. The number of hydrogen-bond acceptors (Lipinski definition) is 4. The molecule has 0 saturated heterocycles. The van der Waals surface area contributed by atoms with Crippen LogP contribution in [0.4, 0.5) is 11.4 Å². The summed E-state index contributed by atoms with van der Waals surface area (Å²) in [6.07, 6.45) is 1.67. The molecule has 6 heteroatoms. The highest BCUT2D eigenvalue weighted by Gasteiger charge is 2.15. The zero-order valence-electron chi connectivity index (χ0n) is 15.1. The van der Waals surface area contributed by atoms with E-state index in [9.17, 15) is 9.59 Å². The van der Waals surface area contributed by atoms with Crippen LogP contribution in [0, 0.1) is 6.92 Å². The smallest absolute Gasteiger partial charge is 0.332 e. The normalized spacial score (nSPS) is 11.3. The Morgan fingerprint density at radius 3 is 2.28 bits per heavy atom. The third kappa shape index (κ3) is 2.84. The number of pyridine rings is 1. The molecule has 0 aliphatic carbocycles. The van der Waals surface area contributed by atoms with E-state index in [4.69, 9.17) is 0 Å². The van der Waals surface area contributed by atoms with Gasteiger partial charge in [0.15, 0.2) is 5.65 Å². The van der Waals surface area contributed by atoms with Crippen molar-refractivity contribution in [3.63, 3.8) is 0 Å². The van der Waals surface area contributed by atoms with Crippen LogP contribution in [0.2, 0.25) is 0 Å². The van der Waals surface area contributed by atoms with Crippen molar-refractivity contribution in [2.75, 3.05) is 5.32 Å². The van der Waals surface area contributed by atoms with Crippen LogP contribution in [0.3, 0.4) is 0 Å². The second-order valence-corrected chi connectivity index (χ2v) is 6.62. The van der Waals surface area contributed by atoms with Crippen molar-refractivity contribution in [1.29, 1.82) is 0 Å². The Balaban J connectivity index is 2.20. The van der Waals surface area contributed by atoms with Gasteiger partial charge in [-0.15, -0.1) is 0 Å². The maximum atomic E-state index is 12.7. The van der Waals surface area contributed by atoms with Gasteiger partial charge in [-0.2, -0.15) is 0 Å². The molecule has 0 aliphatic heterocycles. The van der Waals surface area contributed by atoms with Gasteiger partial charge in [-0.1, -0.05) is 26.0 Å². The van der Waals surface area contributed by atoms with Gasteiger partial charge in [-0.05, 0) is 36.1 Å². The Kier molecular flexibility index (Phi) is 4.20. The standard InChI is InChI=1S/C19H22N4O2/c1-11(2)13-6-8-14(9-7-13)21-16-12(3)10-20-17-15(16)18(24)23(5)19(25)22(17)4/h6-11H,1-5H3,(H,20,21). The van der Waals surface area contributed by atoms with Gasteiger partial charge in [0.1, 0.15) is 5.39 Å². The van der Waals surface area contributed by atoms with E-state index in [1.54, 1.807) is 13.2 Å². The molecule has 0 atom stereocenters. The van der Waals surface area contributed by atoms with E-state index in [0.29, 0.717) is 22.6 Å². The van der Waals surface area contributed by atoms with E-state index in [-0.39, 0.29) is 11.2 Å². The molecule has 0 unspecified atom stereocenters. The maximum Gasteiger partial charge on any atom is 0.332 e. The van der Waals surface area contributed by atoms with Crippen LogP contribution in [0.5, 0.6) is 0 Å². The van der Waals surface area contributed by atoms with Crippen LogP contribution in [0.15, 0.2) is 40.1 Å². The summed E-state index contributed by atoms with van der Waals surface area (Å²) in [6.45, 7) is 6.18. The van der Waals surface area contributed by atoms with Gasteiger partial charge in [0.05, 0.1) is 5.69 Å². The van der Waals surface area contributed by atoms with Crippen molar-refractivity contribution in [2.24, 2.45) is 14.1 Å². The van der Waals surface area contributed by atoms with Crippen LogP contribution in [-0.4, -0.2) is 14.1 Å². The average molecular weight is 338 g/mol. The summed E-state index contributed by atoms with van der Waals surface area (Å²) in [5, 5.41) is 3.74. The molecule has 130 valence electrons. The van der Waals surface area contributed by atoms with E-state index in [2.05, 4.69) is 36.3 Å². The Morgan fingerprint density at radius 2 is 1.68 bits per heavy atom. The van der Waals surface area contributed by atoms with Crippen LogP contribution in [0.25, 0.3) is 11.0 Å². The van der Waals surface area contributed by atoms with Crippen LogP contribution in [0.1, 0.15) is 30.9 Å². The molecule has 2 aromatic heterocycles. The molecule has 0 spiro atoms. The third-order valence-corrected chi connectivity index (χ3v) is 4.51. The second-order valence-electron chi connectivity index (χ2n) is 6.62. The van der Waals surface area contributed by atoms with Gasteiger partial charge >= 0.3 is 5.69 Å². The predicted octanol–water partition coefficient (Wildman–Crippen LogP) is 2.81. The summed E-state index contributed by atoms with van der Waals surface area (Å²) in [5.41, 5.74) is 3.29. The van der Waals surface area contributed by atoms with E-state index in [1.807, 2.05) is 19.1 Å². The predicted molar refractivity (Wildman–Crippen MR) is 101 cm³/mol. The molecule has 0 bridgehead atoms. The lowest BCUT2D eigenvalue weighted by molar-refractivity contribution is 0.707. The van der Waals surface area contributed by atoms with Crippen molar-refractivity contribution >= 4 is 22.4 Å². The SMILES string of the molecule is Cc1cnc2c(c1Nc1ccc(C(C)C)cc1)c(=O)n(C)c(=O)n2C. The molecule has 1 N–H and O–H groups in total. The Hall–Kier alpha value is -2.89. The summed E-state index contributed by atoms with van der Waals surface area (Å²) in [6, 6.07) is 8.13. The highest BCUT2D eigenvalue weighted by atomic mass is 16.2. The lowest BCUT2D eigenvalue weighted by Gasteiger charge is -2.15. The number of aromatic nitrogens is 3. The van der Waals surface area contributed by atoms with E-state index in [0.717, 1.165) is 15.8 Å². The molecule has 1 aromatic carbocycles. The number of nitrogens with zero attached hydrogens (tertiary/aromatic N) is 3. The monoisotopic (exact) mass is 338 g/mol. The summed E-state index contributed by atoms with van der Waals surface area (Å²) in [7, 11) is 3.10. The molecule has 3 rings (SSSR count). The van der Waals surface area contributed by atoms with Gasteiger partial charge in [0, 0.05) is 26.0 Å². The van der Waals surface area contributed by atoms with Crippen molar-refractivity contribution < 1.29 is 0 Å². The van der Waals surface area contributed by atoms with Crippen molar-refractivity contribution in [3.05, 3.63) is 62.4 Å². The van der Waals surface area contributed by atoms with E-state index >= 15 is 0 Å². The van der Waals surface area contributed by atoms with Gasteiger partial charge in [-0.3, -0.25) is 13.9 Å². The summed E-state index contributed by atoms with van der Waals surface area (Å²) in [4.78, 5) is 29.1. The largest absolute Gasteiger partial charge is 0.354 e. The number of benzene rings is 1. The molecular formula is C19H22N4O2. The quantitative estimate of drug-likeness (QED) is 0.797. The molecule has 0 radical (unpaired) electrons. The first-order chi connectivity index (χ1) is 11.8. The number of nitrogens with one attached hydrogen (secondary N) is 1. The highest BCUT2D eigenvalue weighted by Crippen LogP contribution is 2.26. The fourth-order valence-corrected chi connectivity index (χ4v) is 2.88. The van der Waals surface area contributed by atoms with Crippen molar-refractivity contribution in [1.82, 2.24) is 14.1 Å². The minimum absolute atomic E-state index is 0.351. The lowest BCUT2D eigenvalue weighted by atomic mass is 10.0. The zero-order valence-corrected chi connectivity index (χ0v) is 15.1. The van der Waals surface area contributed by atoms with E-state index in [1.165, 1.54) is 17.2 Å². The number of fused-ring (bicyclic) bond motifs is 1. The number of anilines is 2. The topological polar surface area (TPSA) is 68.9 Å². The van der Waals surface area contributed by atoms with Gasteiger partial charge < -0.3 is 5.32 Å². The van der Waals surface area contributed by atoms with Crippen LogP contribution < -0.4 is 16.6 Å². The fourth-order valence-electron chi connectivity index (χ4n) is 2.88. The number of aryl methyl sites for hydroxylation is 2. The molecule has 0 saturated carbocycles. The minimum Gasteiger partial charge on any atom is -0.354 e. The van der Waals surface area contributed by atoms with E-state index < -0.39 is 0 Å². The first kappa shape index (κ1) is 17.0. The molecule has 25 heavy (non-hydrogen) atoms. The molecule has 6 nitrogen and oxygen atoms in total. The molecule has 2 heterocycles. The van der Waals surface area contributed by atoms with Crippen LogP contribution in [-0.2, 0) is 14.1 Å². The Labute approximate surface area is 145 Å². The number of rotatable bonds is 3. The summed E-state index contributed by atoms with van der Waals surface area (Å²) in [5.74, 6) is 0.458. The third-order valence-electron chi connectivity index (χ3n) is 4.51. The highest BCUT2D eigenvalue weighted by molar-refractivity contribution is 5.92. The van der Waals surface area contributed by atoms with Gasteiger partial charge in [-0.25, -0.2) is 9.78 Å². The van der Waals surface area contributed by atoms with Gasteiger partial charge in [0.2, 0.25) is 0 Å². The maximum absolute atomic E-state index is 12.7. The van der Waals surface area contributed by atoms with Gasteiger partial charge in [0.25, 0.3) is 5.56 Å². The molecule has 0 fully saturated rings. The zero-order chi connectivity index (χ0) is 18.3. The minimum atomic E-state index is -0.388. The Bertz CT molecular complexity index is 1060. The second kappa shape index (κ2) is 6.20.